The van der Waals surface area contributed by atoms with Crippen LogP contribution in [0.2, 0.25) is 0 Å². The van der Waals surface area contributed by atoms with Crippen molar-refractivity contribution in [3.8, 4) is 0 Å². The summed E-state index contributed by atoms with van der Waals surface area (Å²) in [6, 6.07) is 0. The molecule has 15 heteroatoms. The first-order valence-corrected chi connectivity index (χ1v) is 8.38. The number of rotatable bonds is 5. The van der Waals surface area contributed by atoms with Gasteiger partial charge in [-0.05, 0) is 0 Å². The van der Waals surface area contributed by atoms with Crippen molar-refractivity contribution >= 4 is 12.0 Å². The molecule has 3 saturated heterocycles. The van der Waals surface area contributed by atoms with E-state index in [0.29, 0.717) is 26.3 Å². The van der Waals surface area contributed by atoms with Crippen LogP contribution in [0.5, 0.6) is 0 Å². The third kappa shape index (κ3) is 3.45. The fourth-order valence-corrected chi connectivity index (χ4v) is 3.10. The van der Waals surface area contributed by atoms with Crippen LogP contribution in [0.4, 0.5) is 5.88 Å². The molecule has 3 fully saturated rings. The monoisotopic (exact) mass is 403 g/mol. The Morgan fingerprint density at radius 3 is 3.00 bits per heavy atom. The molecule has 0 aliphatic carbocycles. The lowest BCUT2D eigenvalue weighted by atomic mass is 10.1. The van der Waals surface area contributed by atoms with Crippen molar-refractivity contribution in [3.63, 3.8) is 0 Å². The van der Waals surface area contributed by atoms with Crippen LogP contribution in [-0.4, -0.2) is 84.9 Å². The van der Waals surface area contributed by atoms with Gasteiger partial charge in [0.15, 0.2) is 12.2 Å². The first kappa shape index (κ1) is 18.8. The van der Waals surface area contributed by atoms with Crippen LogP contribution in [0.1, 0.15) is 0 Å². The van der Waals surface area contributed by atoms with Gasteiger partial charge >= 0.3 is 11.6 Å². The normalized spacial score (nSPS) is 33.1. The second kappa shape index (κ2) is 7.44. The topological polar surface area (TPSA) is 178 Å². The number of aromatic nitrogens is 2. The molecule has 0 saturated carbocycles. The molecule has 0 radical (unpaired) electrons. The maximum Gasteiger partial charge on any atom is 0.374 e. The minimum Gasteiger partial charge on any atom is -0.528 e. The lowest BCUT2D eigenvalue weighted by molar-refractivity contribution is -0.759. The summed E-state index contributed by atoms with van der Waals surface area (Å²) in [4.78, 5) is 24.5. The highest BCUT2D eigenvalue weighted by Gasteiger charge is 2.65. The molecule has 0 unspecified atom stereocenters. The highest BCUT2D eigenvalue weighted by atomic mass is 17.2. The van der Waals surface area contributed by atoms with Crippen LogP contribution in [0.25, 0.3) is 0 Å². The third-order valence-corrected chi connectivity index (χ3v) is 4.53. The van der Waals surface area contributed by atoms with Crippen molar-refractivity contribution in [1.29, 1.82) is 0 Å². The summed E-state index contributed by atoms with van der Waals surface area (Å²) in [5, 5.41) is 38.3. The second-order valence-electron chi connectivity index (χ2n) is 6.29. The van der Waals surface area contributed by atoms with Crippen LogP contribution in [0.3, 0.4) is 0 Å². The van der Waals surface area contributed by atoms with Crippen LogP contribution in [0, 0.1) is 10.1 Å². The Hall–Kier alpha value is -2.59. The van der Waals surface area contributed by atoms with Crippen molar-refractivity contribution < 1.29 is 48.4 Å². The van der Waals surface area contributed by atoms with E-state index >= 15 is 0 Å². The van der Waals surface area contributed by atoms with E-state index in [9.17, 15) is 20.3 Å². The maximum absolute atomic E-state index is 11.8. The molecule has 15 nitrogen and oxygen atoms in total. The van der Waals surface area contributed by atoms with Gasteiger partial charge in [0.1, 0.15) is 18.8 Å². The zero-order valence-electron chi connectivity index (χ0n) is 14.4. The molecule has 3 aliphatic heterocycles. The maximum atomic E-state index is 11.8. The Morgan fingerprint density at radius 1 is 1.46 bits per heavy atom. The van der Waals surface area contributed by atoms with Crippen LogP contribution >= 0.6 is 0 Å². The standard InChI is InChI=1S/C13H17N5O10/c19-12(14-9-5-17(15-26-9)16-1-3-23-4-2-16)28-27-8-6-24-11-10(8)25-7-13(11,20)18(21)22/h5,8,10-11,20H,1-4,6-7H2/t8-,10+,11-,13+/m0/s1. The highest BCUT2D eigenvalue weighted by Crippen LogP contribution is 2.35. The van der Waals surface area contributed by atoms with Gasteiger partial charge in [0.2, 0.25) is 5.27 Å². The molecule has 0 bridgehead atoms. The van der Waals surface area contributed by atoms with Crippen LogP contribution in [0.15, 0.2) is 15.7 Å². The summed E-state index contributed by atoms with van der Waals surface area (Å²) < 4.78 is 20.5. The van der Waals surface area contributed by atoms with Gasteiger partial charge in [-0.1, -0.05) is 0 Å². The minimum atomic E-state index is -2.37. The van der Waals surface area contributed by atoms with E-state index in [1.807, 2.05) is 5.01 Å². The number of hydrogen-bond donors (Lipinski definition) is 1. The van der Waals surface area contributed by atoms with Crippen molar-refractivity contribution in [3.05, 3.63) is 16.3 Å². The highest BCUT2D eigenvalue weighted by molar-refractivity contribution is 5.64. The summed E-state index contributed by atoms with van der Waals surface area (Å²) >= 11 is 0. The summed E-state index contributed by atoms with van der Waals surface area (Å²) in [5.41, 5.74) is -2.37. The minimum absolute atomic E-state index is 0.111. The Labute approximate surface area is 156 Å². The molecule has 1 aromatic heterocycles. The zero-order valence-corrected chi connectivity index (χ0v) is 14.4. The molecule has 1 aromatic rings. The molecule has 3 aliphatic rings. The molecule has 1 N–H and O–H groups in total. The summed E-state index contributed by atoms with van der Waals surface area (Å²) in [6.45, 7) is 1.56. The van der Waals surface area contributed by atoms with E-state index in [2.05, 4.69) is 15.2 Å². The van der Waals surface area contributed by atoms with Gasteiger partial charge < -0.3 is 29.3 Å². The van der Waals surface area contributed by atoms with Crippen molar-refractivity contribution in [2.24, 2.45) is 4.99 Å². The van der Waals surface area contributed by atoms with Crippen LogP contribution < -0.4 is 14.9 Å². The number of ether oxygens (including phenoxy) is 3. The number of hydrogen-bond acceptors (Lipinski definition) is 13. The smallest absolute Gasteiger partial charge is 0.374 e. The number of morpholine rings is 1. The molecule has 0 spiro atoms. The van der Waals surface area contributed by atoms with Gasteiger partial charge in [-0.25, -0.2) is 0 Å². The third-order valence-electron chi connectivity index (χ3n) is 4.53. The average Bonchev–Trinajstić information content (AvgIpc) is 3.39. The van der Waals surface area contributed by atoms with E-state index in [0.717, 1.165) is 0 Å². The molecule has 28 heavy (non-hydrogen) atoms. The van der Waals surface area contributed by atoms with Gasteiger partial charge in [0, 0.05) is 0 Å². The second-order valence-corrected chi connectivity index (χ2v) is 6.29. The molecule has 0 aromatic carbocycles. The molecule has 154 valence electrons. The fourth-order valence-electron chi connectivity index (χ4n) is 3.10. The molecular weight excluding hydrogens is 386 g/mol. The first-order valence-electron chi connectivity index (χ1n) is 8.38. The summed E-state index contributed by atoms with van der Waals surface area (Å²) in [7, 11) is 0. The average molecular weight is 403 g/mol. The largest absolute Gasteiger partial charge is 0.528 e. The Morgan fingerprint density at radius 2 is 2.25 bits per heavy atom. The van der Waals surface area contributed by atoms with E-state index in [-0.39, 0.29) is 12.5 Å². The van der Waals surface area contributed by atoms with Gasteiger partial charge in [0.25, 0.3) is 6.20 Å². The van der Waals surface area contributed by atoms with Crippen LogP contribution in [-0.2, 0) is 24.0 Å². The van der Waals surface area contributed by atoms with Crippen molar-refractivity contribution in [2.45, 2.75) is 24.0 Å². The molecule has 4 atom stereocenters. The lowest BCUT2D eigenvalue weighted by Crippen LogP contribution is -2.62. The molecule has 4 heterocycles. The Balaban J connectivity index is 1.32. The molecule has 4 rings (SSSR count). The Bertz CT molecular complexity index is 752. The van der Waals surface area contributed by atoms with E-state index in [1.54, 1.807) is 0 Å². The van der Waals surface area contributed by atoms with E-state index in [4.69, 9.17) is 23.6 Å². The quantitative estimate of drug-likeness (QED) is 0.0971. The fraction of sp³-hybridized carbons (Fsp3) is 0.769. The first-order chi connectivity index (χ1) is 13.5. The number of nitro groups is 1. The van der Waals surface area contributed by atoms with Crippen molar-refractivity contribution in [2.75, 3.05) is 44.5 Å². The number of fused-ring (bicyclic) bond motifs is 1. The zero-order chi connectivity index (χ0) is 19.7. The van der Waals surface area contributed by atoms with E-state index < -0.39 is 41.7 Å². The predicted molar refractivity (Wildman–Crippen MR) is 79.9 cm³/mol. The SMILES string of the molecule is O=[N+]([O-])[C@@]1(O)CO[C@@H]2[C@@H](OOC([O-])=Nc3c[n+](N4CCOCC4)no3)CO[C@@H]21. The van der Waals surface area contributed by atoms with Gasteiger partial charge in [0.05, 0.1) is 42.6 Å². The lowest BCUT2D eigenvalue weighted by Gasteiger charge is -2.20. The summed E-state index contributed by atoms with van der Waals surface area (Å²) in [6.07, 6.45) is -2.89. The summed E-state index contributed by atoms with van der Waals surface area (Å²) in [5.74, 6) is -0.111. The number of aliphatic hydroxyl groups is 1. The molecule has 0 amide bonds. The molecular formula is C13H17N5O10. The number of aliphatic imine (C=N–C) groups is 1. The van der Waals surface area contributed by atoms with Gasteiger partial charge in [-0.15, -0.1) is 5.01 Å². The van der Waals surface area contributed by atoms with Gasteiger partial charge in [-0.2, -0.15) is 4.99 Å². The van der Waals surface area contributed by atoms with Crippen molar-refractivity contribution in [1.82, 2.24) is 5.27 Å². The number of nitrogens with zero attached hydrogens (tertiary/aromatic N) is 5. The van der Waals surface area contributed by atoms with Gasteiger partial charge in [-0.3, -0.25) is 19.5 Å². The predicted octanol–water partition coefficient (Wildman–Crippen LogP) is -3.64. The Kier molecular flexibility index (Phi) is 4.98. The van der Waals surface area contributed by atoms with E-state index in [1.165, 1.54) is 11.0 Å².